The summed E-state index contributed by atoms with van der Waals surface area (Å²) >= 11 is 0. The molecular formula is C13H24N2O3S. The first-order valence-electron chi connectivity index (χ1n) is 7.32. The molecule has 0 saturated carbocycles. The Balaban J connectivity index is 1.98. The van der Waals surface area contributed by atoms with E-state index in [9.17, 15) is 13.2 Å². The molecule has 5 nitrogen and oxygen atoms in total. The third-order valence-electron chi connectivity index (χ3n) is 4.06. The molecule has 0 aromatic heterocycles. The molecule has 2 aliphatic rings. The highest BCUT2D eigenvalue weighted by Gasteiger charge is 2.34. The van der Waals surface area contributed by atoms with Gasteiger partial charge in [-0.2, -0.15) is 4.31 Å². The topological polar surface area (TPSA) is 57.7 Å². The molecular weight excluding hydrogens is 264 g/mol. The van der Waals surface area contributed by atoms with Crippen LogP contribution in [0.4, 0.5) is 0 Å². The summed E-state index contributed by atoms with van der Waals surface area (Å²) in [5, 5.41) is 0. The SMILES string of the molecule is CCCCS(=O)(=O)N1CCC[C@H](N2CCCC2=O)C1. The Morgan fingerprint density at radius 3 is 2.68 bits per heavy atom. The van der Waals surface area contributed by atoms with Crippen molar-refractivity contribution in [2.24, 2.45) is 0 Å². The molecule has 2 heterocycles. The minimum Gasteiger partial charge on any atom is -0.338 e. The van der Waals surface area contributed by atoms with Crippen LogP contribution in [0.2, 0.25) is 0 Å². The van der Waals surface area contributed by atoms with E-state index in [1.807, 2.05) is 11.8 Å². The zero-order valence-corrected chi connectivity index (χ0v) is 12.5. The average molecular weight is 288 g/mol. The molecule has 0 unspecified atom stereocenters. The van der Waals surface area contributed by atoms with E-state index in [1.54, 1.807) is 4.31 Å². The van der Waals surface area contributed by atoms with Crippen molar-refractivity contribution in [2.45, 2.75) is 51.5 Å². The van der Waals surface area contributed by atoms with Crippen LogP contribution < -0.4 is 0 Å². The predicted octanol–water partition coefficient (Wildman–Crippen LogP) is 1.20. The Kier molecular flexibility index (Phi) is 4.84. The van der Waals surface area contributed by atoms with Crippen LogP contribution in [0.1, 0.15) is 45.4 Å². The number of likely N-dealkylation sites (tertiary alicyclic amines) is 1. The fraction of sp³-hybridized carbons (Fsp3) is 0.923. The van der Waals surface area contributed by atoms with Crippen molar-refractivity contribution in [3.63, 3.8) is 0 Å². The molecule has 0 radical (unpaired) electrons. The standard InChI is InChI=1S/C13H24N2O3S/c1-2-3-10-19(17,18)14-8-4-6-12(11-14)15-9-5-7-13(15)16/h12H,2-11H2,1H3/t12-/m0/s1. The first kappa shape index (κ1) is 14.8. The molecule has 6 heteroatoms. The van der Waals surface area contributed by atoms with Crippen LogP contribution in [0.3, 0.4) is 0 Å². The van der Waals surface area contributed by atoms with Crippen molar-refractivity contribution in [3.05, 3.63) is 0 Å². The average Bonchev–Trinajstić information content (AvgIpc) is 2.83. The molecule has 110 valence electrons. The summed E-state index contributed by atoms with van der Waals surface area (Å²) in [6.07, 6.45) is 4.94. The van der Waals surface area contributed by atoms with Gasteiger partial charge in [-0.3, -0.25) is 4.79 Å². The Morgan fingerprint density at radius 1 is 1.26 bits per heavy atom. The number of hydrogen-bond acceptors (Lipinski definition) is 3. The Hall–Kier alpha value is -0.620. The zero-order valence-electron chi connectivity index (χ0n) is 11.7. The molecule has 0 spiro atoms. The molecule has 0 aromatic rings. The highest BCUT2D eigenvalue weighted by Crippen LogP contribution is 2.23. The third-order valence-corrected chi connectivity index (χ3v) is 5.98. The number of sulfonamides is 1. The smallest absolute Gasteiger partial charge is 0.222 e. The van der Waals surface area contributed by atoms with Gasteiger partial charge < -0.3 is 4.90 Å². The minimum atomic E-state index is -3.13. The maximum atomic E-state index is 12.2. The lowest BCUT2D eigenvalue weighted by Crippen LogP contribution is -2.50. The summed E-state index contributed by atoms with van der Waals surface area (Å²) < 4.78 is 26.0. The van der Waals surface area contributed by atoms with E-state index >= 15 is 0 Å². The molecule has 2 aliphatic heterocycles. The number of piperidine rings is 1. The lowest BCUT2D eigenvalue weighted by molar-refractivity contribution is -0.130. The van der Waals surface area contributed by atoms with Crippen LogP contribution in [0, 0.1) is 0 Å². The molecule has 0 bridgehead atoms. The number of unbranched alkanes of at least 4 members (excludes halogenated alkanes) is 1. The monoisotopic (exact) mass is 288 g/mol. The fourth-order valence-corrected chi connectivity index (χ4v) is 4.66. The van der Waals surface area contributed by atoms with Crippen molar-refractivity contribution < 1.29 is 13.2 Å². The maximum Gasteiger partial charge on any atom is 0.222 e. The maximum absolute atomic E-state index is 12.2. The number of rotatable bonds is 5. The molecule has 2 rings (SSSR count). The minimum absolute atomic E-state index is 0.0974. The second kappa shape index (κ2) is 6.22. The van der Waals surface area contributed by atoms with Crippen molar-refractivity contribution >= 4 is 15.9 Å². The van der Waals surface area contributed by atoms with Gasteiger partial charge >= 0.3 is 0 Å². The van der Waals surface area contributed by atoms with Gasteiger partial charge in [0.15, 0.2) is 0 Å². The zero-order chi connectivity index (χ0) is 13.9. The van der Waals surface area contributed by atoms with Gasteiger partial charge in [-0.25, -0.2) is 8.42 Å². The largest absolute Gasteiger partial charge is 0.338 e. The van der Waals surface area contributed by atoms with Gasteiger partial charge in [-0.15, -0.1) is 0 Å². The summed E-state index contributed by atoms with van der Waals surface area (Å²) in [6.45, 7) is 3.91. The van der Waals surface area contributed by atoms with E-state index < -0.39 is 10.0 Å². The molecule has 19 heavy (non-hydrogen) atoms. The fourth-order valence-electron chi connectivity index (χ4n) is 2.94. The second-order valence-corrected chi connectivity index (χ2v) is 7.60. The van der Waals surface area contributed by atoms with Crippen molar-refractivity contribution in [3.8, 4) is 0 Å². The van der Waals surface area contributed by atoms with E-state index in [4.69, 9.17) is 0 Å². The molecule has 0 aromatic carbocycles. The predicted molar refractivity (Wildman–Crippen MR) is 74.2 cm³/mol. The Morgan fingerprint density at radius 2 is 2.05 bits per heavy atom. The normalized spacial score (nSPS) is 26.1. The van der Waals surface area contributed by atoms with Crippen LogP contribution in [-0.4, -0.2) is 55.0 Å². The molecule has 2 fully saturated rings. The Bertz CT molecular complexity index is 422. The highest BCUT2D eigenvalue weighted by molar-refractivity contribution is 7.89. The summed E-state index contributed by atoms with van der Waals surface area (Å²) in [5.41, 5.74) is 0. The van der Waals surface area contributed by atoms with Crippen LogP contribution in [0.25, 0.3) is 0 Å². The lowest BCUT2D eigenvalue weighted by Gasteiger charge is -2.36. The second-order valence-electron chi connectivity index (χ2n) is 5.51. The van der Waals surface area contributed by atoms with E-state index in [0.717, 1.165) is 32.2 Å². The van der Waals surface area contributed by atoms with Gasteiger partial charge in [0, 0.05) is 32.1 Å². The van der Waals surface area contributed by atoms with Crippen molar-refractivity contribution in [2.75, 3.05) is 25.4 Å². The first-order valence-corrected chi connectivity index (χ1v) is 8.93. The van der Waals surface area contributed by atoms with Crippen LogP contribution in [0.15, 0.2) is 0 Å². The van der Waals surface area contributed by atoms with Crippen LogP contribution in [-0.2, 0) is 14.8 Å². The van der Waals surface area contributed by atoms with Gasteiger partial charge in [0.1, 0.15) is 0 Å². The first-order chi connectivity index (χ1) is 9.04. The van der Waals surface area contributed by atoms with Crippen molar-refractivity contribution in [1.29, 1.82) is 0 Å². The van der Waals surface area contributed by atoms with Gasteiger partial charge in [0.2, 0.25) is 15.9 Å². The summed E-state index contributed by atoms with van der Waals surface area (Å²) in [4.78, 5) is 13.7. The number of nitrogens with zero attached hydrogens (tertiary/aromatic N) is 2. The van der Waals surface area contributed by atoms with Gasteiger partial charge in [-0.1, -0.05) is 13.3 Å². The number of carbonyl (C=O) groups is 1. The Labute approximate surface area is 116 Å². The molecule has 0 N–H and O–H groups in total. The summed E-state index contributed by atoms with van der Waals surface area (Å²) in [6, 6.07) is 0.0974. The van der Waals surface area contributed by atoms with E-state index in [1.165, 1.54) is 0 Å². The molecule has 2 saturated heterocycles. The van der Waals surface area contributed by atoms with Crippen LogP contribution in [0.5, 0.6) is 0 Å². The third kappa shape index (κ3) is 3.48. The summed E-state index contributed by atoms with van der Waals surface area (Å²) in [7, 11) is -3.13. The van der Waals surface area contributed by atoms with Gasteiger partial charge in [0.25, 0.3) is 0 Å². The molecule has 1 atom stereocenters. The van der Waals surface area contributed by atoms with Gasteiger partial charge in [-0.05, 0) is 25.7 Å². The van der Waals surface area contributed by atoms with Crippen molar-refractivity contribution in [1.82, 2.24) is 9.21 Å². The van der Waals surface area contributed by atoms with E-state index in [-0.39, 0.29) is 17.7 Å². The molecule has 0 aliphatic carbocycles. The number of amides is 1. The lowest BCUT2D eigenvalue weighted by atomic mass is 10.1. The summed E-state index contributed by atoms with van der Waals surface area (Å²) in [5.74, 6) is 0.433. The molecule has 1 amide bonds. The highest BCUT2D eigenvalue weighted by atomic mass is 32.2. The number of hydrogen-bond donors (Lipinski definition) is 0. The van der Waals surface area contributed by atoms with Crippen LogP contribution >= 0.6 is 0 Å². The van der Waals surface area contributed by atoms with E-state index in [2.05, 4.69) is 0 Å². The van der Waals surface area contributed by atoms with Gasteiger partial charge in [0.05, 0.1) is 5.75 Å². The quantitative estimate of drug-likeness (QED) is 0.764. The van der Waals surface area contributed by atoms with E-state index in [0.29, 0.717) is 25.9 Å². The number of carbonyl (C=O) groups excluding carboxylic acids is 1.